The molecule has 26 heavy (non-hydrogen) atoms. The van der Waals surface area contributed by atoms with Crippen LogP contribution in [-0.4, -0.2) is 35.1 Å². The molecule has 2 aromatic heterocycles. The molecule has 1 aliphatic heterocycles. The average molecular weight is 366 g/mol. The Morgan fingerprint density at radius 3 is 2.77 bits per heavy atom. The van der Waals surface area contributed by atoms with E-state index in [0.717, 1.165) is 36.8 Å². The van der Waals surface area contributed by atoms with Crippen molar-refractivity contribution in [1.29, 1.82) is 0 Å². The molecule has 3 heterocycles. The molecule has 0 saturated carbocycles. The van der Waals surface area contributed by atoms with Gasteiger partial charge in [0.2, 0.25) is 0 Å². The molecule has 4 rings (SSSR count). The van der Waals surface area contributed by atoms with Crippen LogP contribution in [0.15, 0.2) is 60.4 Å². The zero-order chi connectivity index (χ0) is 17.8. The number of hydrogen-bond donors (Lipinski definition) is 1. The van der Waals surface area contributed by atoms with E-state index in [1.54, 1.807) is 11.3 Å². The summed E-state index contributed by atoms with van der Waals surface area (Å²) in [4.78, 5) is 19.2. The molecule has 0 radical (unpaired) electrons. The lowest BCUT2D eigenvalue weighted by Crippen LogP contribution is -2.41. The van der Waals surface area contributed by atoms with Crippen LogP contribution in [0.3, 0.4) is 0 Å². The quantitative estimate of drug-likeness (QED) is 0.751. The first-order chi connectivity index (χ1) is 12.8. The number of carbonyl (C=O) groups is 1. The molecule has 6 heteroatoms. The fraction of sp³-hybridized carbons (Fsp3) is 0.300. The van der Waals surface area contributed by atoms with Gasteiger partial charge in [0.25, 0.3) is 5.91 Å². The Kier molecular flexibility index (Phi) is 5.02. The van der Waals surface area contributed by atoms with E-state index in [-0.39, 0.29) is 5.91 Å². The fourth-order valence-electron chi connectivity index (χ4n) is 3.41. The molecule has 1 atom stereocenters. The minimum absolute atomic E-state index is 0.00423. The van der Waals surface area contributed by atoms with Gasteiger partial charge in [0.15, 0.2) is 5.13 Å². The van der Waals surface area contributed by atoms with Crippen LogP contribution in [0.4, 0.5) is 5.13 Å². The number of anilines is 1. The molecule has 134 valence electrons. The van der Waals surface area contributed by atoms with Crippen LogP contribution in [0.25, 0.3) is 5.69 Å². The summed E-state index contributed by atoms with van der Waals surface area (Å²) in [6.45, 7) is 2.72. The molecule has 0 bridgehead atoms. The number of thiazole rings is 1. The number of rotatable bonds is 5. The molecule has 1 aromatic carbocycles. The lowest BCUT2D eigenvalue weighted by molar-refractivity contribution is 0.0945. The van der Waals surface area contributed by atoms with Gasteiger partial charge >= 0.3 is 0 Å². The van der Waals surface area contributed by atoms with Gasteiger partial charge in [-0.3, -0.25) is 4.79 Å². The van der Waals surface area contributed by atoms with Gasteiger partial charge in [-0.25, -0.2) is 4.98 Å². The maximum atomic E-state index is 12.5. The van der Waals surface area contributed by atoms with Crippen molar-refractivity contribution < 1.29 is 4.79 Å². The molecule has 1 amide bonds. The van der Waals surface area contributed by atoms with Gasteiger partial charge in [-0.2, -0.15) is 0 Å². The Balaban J connectivity index is 1.32. The standard InChI is InChI=1S/C20H22N4OS/c25-19(17-5-7-18(8-6-17)23-10-1-2-11-23)22-14-16-4-3-12-24(15-16)20-21-9-13-26-20/h1-2,5-11,13,16H,3-4,12,14-15H2,(H,22,25). The van der Waals surface area contributed by atoms with E-state index in [1.165, 1.54) is 0 Å². The highest BCUT2D eigenvalue weighted by atomic mass is 32.1. The summed E-state index contributed by atoms with van der Waals surface area (Å²) in [5.41, 5.74) is 1.76. The molecule has 1 unspecified atom stereocenters. The Hall–Kier alpha value is -2.60. The van der Waals surface area contributed by atoms with Gasteiger partial charge in [-0.1, -0.05) is 0 Å². The Morgan fingerprint density at radius 1 is 1.23 bits per heavy atom. The summed E-state index contributed by atoms with van der Waals surface area (Å²) in [5, 5.41) is 6.20. The number of hydrogen-bond acceptors (Lipinski definition) is 4. The molecule has 1 fully saturated rings. The average Bonchev–Trinajstić information content (AvgIpc) is 3.40. The number of amides is 1. The first-order valence-electron chi connectivity index (χ1n) is 8.95. The predicted molar refractivity (Wildman–Crippen MR) is 105 cm³/mol. The smallest absolute Gasteiger partial charge is 0.251 e. The minimum atomic E-state index is -0.00423. The summed E-state index contributed by atoms with van der Waals surface area (Å²) in [5.74, 6) is 0.464. The van der Waals surface area contributed by atoms with E-state index in [1.807, 2.05) is 64.9 Å². The van der Waals surface area contributed by atoms with Crippen LogP contribution in [0.1, 0.15) is 23.2 Å². The number of piperidine rings is 1. The van der Waals surface area contributed by atoms with Gasteiger partial charge < -0.3 is 14.8 Å². The van der Waals surface area contributed by atoms with Crippen molar-refractivity contribution in [2.24, 2.45) is 5.92 Å². The summed E-state index contributed by atoms with van der Waals surface area (Å²) in [6.07, 6.45) is 8.13. The van der Waals surface area contributed by atoms with Crippen LogP contribution in [-0.2, 0) is 0 Å². The first-order valence-corrected chi connectivity index (χ1v) is 9.83. The maximum absolute atomic E-state index is 12.5. The van der Waals surface area contributed by atoms with Crippen molar-refractivity contribution in [3.8, 4) is 5.69 Å². The van der Waals surface area contributed by atoms with Gasteiger partial charge in [-0.15, -0.1) is 11.3 Å². The third-order valence-electron chi connectivity index (χ3n) is 4.79. The summed E-state index contributed by atoms with van der Waals surface area (Å²) < 4.78 is 2.02. The van der Waals surface area contributed by atoms with Gasteiger partial charge in [0.1, 0.15) is 0 Å². The minimum Gasteiger partial charge on any atom is -0.352 e. The highest BCUT2D eigenvalue weighted by Crippen LogP contribution is 2.24. The number of nitrogens with zero attached hydrogens (tertiary/aromatic N) is 3. The normalized spacial score (nSPS) is 17.2. The number of aromatic nitrogens is 2. The van der Waals surface area contributed by atoms with Crippen LogP contribution in [0.5, 0.6) is 0 Å². The molecule has 1 saturated heterocycles. The second-order valence-corrected chi connectivity index (χ2v) is 7.49. The second kappa shape index (κ2) is 7.74. The largest absolute Gasteiger partial charge is 0.352 e. The summed E-state index contributed by atoms with van der Waals surface area (Å²) >= 11 is 1.68. The van der Waals surface area contributed by atoms with Gasteiger partial charge in [-0.05, 0) is 55.2 Å². The molecule has 3 aromatic rings. The molecule has 5 nitrogen and oxygen atoms in total. The second-order valence-electron chi connectivity index (χ2n) is 6.62. The maximum Gasteiger partial charge on any atom is 0.251 e. The van der Waals surface area contributed by atoms with E-state index in [4.69, 9.17) is 0 Å². The van der Waals surface area contributed by atoms with E-state index < -0.39 is 0 Å². The Morgan fingerprint density at radius 2 is 2.04 bits per heavy atom. The monoisotopic (exact) mass is 366 g/mol. The van der Waals surface area contributed by atoms with Gasteiger partial charge in [0.05, 0.1) is 0 Å². The van der Waals surface area contributed by atoms with E-state index in [0.29, 0.717) is 18.0 Å². The van der Waals surface area contributed by atoms with Crippen molar-refractivity contribution in [1.82, 2.24) is 14.9 Å². The highest BCUT2D eigenvalue weighted by molar-refractivity contribution is 7.13. The molecular weight excluding hydrogens is 344 g/mol. The first kappa shape index (κ1) is 16.8. The van der Waals surface area contributed by atoms with Crippen LogP contribution in [0, 0.1) is 5.92 Å². The molecular formula is C20H22N4OS. The van der Waals surface area contributed by atoms with E-state index >= 15 is 0 Å². The number of nitrogens with one attached hydrogen (secondary N) is 1. The third-order valence-corrected chi connectivity index (χ3v) is 5.62. The van der Waals surface area contributed by atoms with E-state index in [2.05, 4.69) is 15.2 Å². The predicted octanol–water partition coefficient (Wildman–Crippen LogP) is 3.58. The van der Waals surface area contributed by atoms with Crippen molar-refractivity contribution >= 4 is 22.4 Å². The summed E-state index contributed by atoms with van der Waals surface area (Å²) in [6, 6.07) is 11.7. The molecule has 1 N–H and O–H groups in total. The van der Waals surface area contributed by atoms with Crippen molar-refractivity contribution in [3.05, 3.63) is 65.9 Å². The molecule has 0 spiro atoms. The van der Waals surface area contributed by atoms with Crippen LogP contribution in [0.2, 0.25) is 0 Å². The lowest BCUT2D eigenvalue weighted by atomic mass is 9.98. The van der Waals surface area contributed by atoms with Crippen molar-refractivity contribution in [2.45, 2.75) is 12.8 Å². The number of carbonyl (C=O) groups excluding carboxylic acids is 1. The summed E-state index contributed by atoms with van der Waals surface area (Å²) in [7, 11) is 0. The number of benzene rings is 1. The lowest BCUT2D eigenvalue weighted by Gasteiger charge is -2.32. The van der Waals surface area contributed by atoms with Crippen molar-refractivity contribution in [3.63, 3.8) is 0 Å². The molecule has 0 aliphatic carbocycles. The topological polar surface area (TPSA) is 50.2 Å². The van der Waals surface area contributed by atoms with Gasteiger partial charge in [0, 0.05) is 54.9 Å². The SMILES string of the molecule is O=C(NCC1CCCN(c2nccs2)C1)c1ccc(-n2cccc2)cc1. The zero-order valence-corrected chi connectivity index (χ0v) is 15.4. The van der Waals surface area contributed by atoms with E-state index in [9.17, 15) is 4.79 Å². The zero-order valence-electron chi connectivity index (χ0n) is 14.5. The Labute approximate surface area is 157 Å². The third kappa shape index (κ3) is 3.80. The van der Waals surface area contributed by atoms with Crippen LogP contribution >= 0.6 is 11.3 Å². The highest BCUT2D eigenvalue weighted by Gasteiger charge is 2.22. The van der Waals surface area contributed by atoms with Crippen LogP contribution < -0.4 is 10.2 Å². The van der Waals surface area contributed by atoms with Crippen molar-refractivity contribution in [2.75, 3.05) is 24.5 Å². The fourth-order valence-corrected chi connectivity index (χ4v) is 4.09. The Bertz CT molecular complexity index is 827. The molecule has 1 aliphatic rings.